The summed E-state index contributed by atoms with van der Waals surface area (Å²) in [5, 5.41) is 5.35. The van der Waals surface area contributed by atoms with Crippen molar-refractivity contribution in [2.45, 2.75) is 32.2 Å². The highest BCUT2D eigenvalue weighted by Crippen LogP contribution is 1.98. The van der Waals surface area contributed by atoms with Crippen LogP contribution in [0.25, 0.3) is 0 Å². The van der Waals surface area contributed by atoms with Gasteiger partial charge in [-0.1, -0.05) is 30.3 Å². The summed E-state index contributed by atoms with van der Waals surface area (Å²) >= 11 is 0. The number of nitrogens with one attached hydrogen (secondary N) is 2. The molecule has 21 heavy (non-hydrogen) atoms. The molecule has 2 amide bonds. The zero-order valence-corrected chi connectivity index (χ0v) is 13.1. The number of halogens is 1. The second-order valence-electron chi connectivity index (χ2n) is 4.88. The molecule has 6 heteroatoms. The first-order valence-electron chi connectivity index (χ1n) is 6.91. The van der Waals surface area contributed by atoms with Gasteiger partial charge >= 0.3 is 0 Å². The molecule has 1 rings (SSSR count). The second-order valence-corrected chi connectivity index (χ2v) is 4.88. The van der Waals surface area contributed by atoms with Crippen molar-refractivity contribution < 1.29 is 9.59 Å². The Labute approximate surface area is 132 Å². The van der Waals surface area contributed by atoms with E-state index < -0.39 is 0 Å². The molecule has 1 atom stereocenters. The molecule has 0 heterocycles. The minimum absolute atomic E-state index is 0. The van der Waals surface area contributed by atoms with E-state index in [-0.39, 0.29) is 36.8 Å². The van der Waals surface area contributed by atoms with Gasteiger partial charge in [-0.15, -0.1) is 12.4 Å². The lowest BCUT2D eigenvalue weighted by atomic mass is 10.1. The maximum absolute atomic E-state index is 11.5. The van der Waals surface area contributed by atoms with E-state index in [4.69, 9.17) is 5.73 Å². The Hall–Kier alpha value is -1.59. The van der Waals surface area contributed by atoms with Gasteiger partial charge in [-0.25, -0.2) is 0 Å². The molecular formula is C15H24ClN3O2. The Morgan fingerprint density at radius 1 is 1.14 bits per heavy atom. The van der Waals surface area contributed by atoms with E-state index in [9.17, 15) is 9.59 Å². The van der Waals surface area contributed by atoms with E-state index in [1.54, 1.807) is 0 Å². The lowest BCUT2D eigenvalue weighted by Gasteiger charge is -2.08. The van der Waals surface area contributed by atoms with Gasteiger partial charge < -0.3 is 16.4 Å². The molecule has 1 aromatic rings. The van der Waals surface area contributed by atoms with Crippen LogP contribution in [-0.2, 0) is 16.0 Å². The standard InChI is InChI=1S/C15H23N3O2.ClH/c1-12(16)7-8-14(19)18-11-15(20)17-10-9-13-5-3-2-4-6-13;/h2-6,12H,7-11,16H2,1H3,(H,17,20)(H,18,19);1H. The summed E-state index contributed by atoms with van der Waals surface area (Å²) in [6.07, 6.45) is 1.77. The zero-order valence-electron chi connectivity index (χ0n) is 12.3. The minimum Gasteiger partial charge on any atom is -0.354 e. The maximum Gasteiger partial charge on any atom is 0.239 e. The first kappa shape index (κ1) is 19.4. The van der Waals surface area contributed by atoms with Crippen molar-refractivity contribution in [1.29, 1.82) is 0 Å². The summed E-state index contributed by atoms with van der Waals surface area (Å²) in [6.45, 7) is 2.44. The molecule has 0 saturated carbocycles. The minimum atomic E-state index is -0.171. The first-order valence-corrected chi connectivity index (χ1v) is 6.91. The van der Waals surface area contributed by atoms with Crippen LogP contribution in [0.3, 0.4) is 0 Å². The van der Waals surface area contributed by atoms with Crippen LogP contribution in [0.2, 0.25) is 0 Å². The third-order valence-electron chi connectivity index (χ3n) is 2.85. The van der Waals surface area contributed by atoms with Crippen molar-refractivity contribution >= 4 is 24.2 Å². The molecule has 0 saturated heterocycles. The van der Waals surface area contributed by atoms with E-state index in [1.165, 1.54) is 5.56 Å². The third-order valence-corrected chi connectivity index (χ3v) is 2.85. The van der Waals surface area contributed by atoms with Crippen molar-refractivity contribution in [1.82, 2.24) is 10.6 Å². The molecule has 118 valence electrons. The molecule has 0 bridgehead atoms. The van der Waals surface area contributed by atoms with E-state index in [0.29, 0.717) is 19.4 Å². The van der Waals surface area contributed by atoms with Crippen molar-refractivity contribution in [3.8, 4) is 0 Å². The normalized spacial score (nSPS) is 11.1. The van der Waals surface area contributed by atoms with Crippen molar-refractivity contribution in [3.63, 3.8) is 0 Å². The highest BCUT2D eigenvalue weighted by molar-refractivity contribution is 5.85. The van der Waals surface area contributed by atoms with Gasteiger partial charge in [0.2, 0.25) is 11.8 Å². The van der Waals surface area contributed by atoms with Gasteiger partial charge in [0, 0.05) is 19.0 Å². The largest absolute Gasteiger partial charge is 0.354 e. The van der Waals surface area contributed by atoms with Gasteiger partial charge in [0.1, 0.15) is 0 Å². The van der Waals surface area contributed by atoms with Crippen molar-refractivity contribution in [3.05, 3.63) is 35.9 Å². The van der Waals surface area contributed by atoms with E-state index in [0.717, 1.165) is 6.42 Å². The predicted octanol–water partition coefficient (Wildman–Crippen LogP) is 1.01. The number of nitrogens with two attached hydrogens (primary N) is 1. The molecule has 0 fully saturated rings. The molecule has 4 N–H and O–H groups in total. The van der Waals surface area contributed by atoms with Gasteiger partial charge in [0.05, 0.1) is 6.54 Å². The molecule has 0 aliphatic rings. The second kappa shape index (κ2) is 11.1. The Balaban J connectivity index is 0.00000400. The molecule has 1 unspecified atom stereocenters. The number of carbonyl (C=O) groups excluding carboxylic acids is 2. The number of carbonyl (C=O) groups is 2. The van der Waals surface area contributed by atoms with Gasteiger partial charge in [-0.2, -0.15) is 0 Å². The Morgan fingerprint density at radius 2 is 1.81 bits per heavy atom. The van der Waals surface area contributed by atoms with Crippen LogP contribution in [0.5, 0.6) is 0 Å². The summed E-state index contributed by atoms with van der Waals surface area (Å²) < 4.78 is 0. The number of rotatable bonds is 8. The zero-order chi connectivity index (χ0) is 14.8. The number of hydrogen-bond donors (Lipinski definition) is 3. The molecule has 0 spiro atoms. The van der Waals surface area contributed by atoms with Crippen LogP contribution in [0.4, 0.5) is 0 Å². The highest BCUT2D eigenvalue weighted by Gasteiger charge is 2.06. The quantitative estimate of drug-likeness (QED) is 0.669. The third kappa shape index (κ3) is 9.87. The molecule has 1 aromatic carbocycles. The Kier molecular flexibility index (Phi) is 10.3. The van der Waals surface area contributed by atoms with Crippen LogP contribution < -0.4 is 16.4 Å². The molecule has 0 aromatic heterocycles. The lowest BCUT2D eigenvalue weighted by Crippen LogP contribution is -2.38. The summed E-state index contributed by atoms with van der Waals surface area (Å²) in [5.41, 5.74) is 6.73. The topological polar surface area (TPSA) is 84.2 Å². The van der Waals surface area contributed by atoms with Crippen LogP contribution in [0.1, 0.15) is 25.3 Å². The first-order chi connectivity index (χ1) is 9.58. The predicted molar refractivity (Wildman–Crippen MR) is 86.3 cm³/mol. The molecule has 5 nitrogen and oxygen atoms in total. The summed E-state index contributed by atoms with van der Waals surface area (Å²) in [5.74, 6) is -0.310. The number of amides is 2. The van der Waals surface area contributed by atoms with Gasteiger partial charge in [-0.3, -0.25) is 9.59 Å². The fourth-order valence-electron chi connectivity index (χ4n) is 1.68. The van der Waals surface area contributed by atoms with Crippen LogP contribution in [0.15, 0.2) is 30.3 Å². The summed E-state index contributed by atoms with van der Waals surface area (Å²) in [6, 6.07) is 9.93. The average Bonchev–Trinajstić information content (AvgIpc) is 2.44. The van der Waals surface area contributed by atoms with Gasteiger partial charge in [0.25, 0.3) is 0 Å². The number of hydrogen-bond acceptors (Lipinski definition) is 3. The lowest BCUT2D eigenvalue weighted by molar-refractivity contribution is -0.126. The molecule has 0 radical (unpaired) electrons. The number of benzene rings is 1. The van der Waals surface area contributed by atoms with E-state index in [1.807, 2.05) is 37.3 Å². The van der Waals surface area contributed by atoms with E-state index >= 15 is 0 Å². The Morgan fingerprint density at radius 3 is 2.43 bits per heavy atom. The fraction of sp³-hybridized carbons (Fsp3) is 0.467. The Bertz CT molecular complexity index is 424. The molecule has 0 aliphatic carbocycles. The monoisotopic (exact) mass is 313 g/mol. The molecule has 0 aliphatic heterocycles. The summed E-state index contributed by atoms with van der Waals surface area (Å²) in [7, 11) is 0. The van der Waals surface area contributed by atoms with Crippen molar-refractivity contribution in [2.24, 2.45) is 5.73 Å². The molecular weight excluding hydrogens is 290 g/mol. The van der Waals surface area contributed by atoms with Crippen LogP contribution >= 0.6 is 12.4 Å². The SMILES string of the molecule is CC(N)CCC(=O)NCC(=O)NCCc1ccccc1.Cl. The van der Waals surface area contributed by atoms with E-state index in [2.05, 4.69) is 10.6 Å². The smallest absolute Gasteiger partial charge is 0.239 e. The van der Waals surface area contributed by atoms with Crippen LogP contribution in [-0.4, -0.2) is 30.9 Å². The van der Waals surface area contributed by atoms with Gasteiger partial charge in [-0.05, 0) is 25.3 Å². The summed E-state index contributed by atoms with van der Waals surface area (Å²) in [4.78, 5) is 22.9. The highest BCUT2D eigenvalue weighted by atomic mass is 35.5. The van der Waals surface area contributed by atoms with Gasteiger partial charge in [0.15, 0.2) is 0 Å². The maximum atomic E-state index is 11.5. The average molecular weight is 314 g/mol. The fourth-order valence-corrected chi connectivity index (χ4v) is 1.68. The van der Waals surface area contributed by atoms with Crippen LogP contribution in [0, 0.1) is 0 Å². The van der Waals surface area contributed by atoms with Crippen molar-refractivity contribution in [2.75, 3.05) is 13.1 Å².